The van der Waals surface area contributed by atoms with Crippen LogP contribution in [0.4, 0.5) is 18.0 Å². The zero-order chi connectivity index (χ0) is 23.9. The Hall–Kier alpha value is -1.22. The van der Waals surface area contributed by atoms with Gasteiger partial charge in [0, 0.05) is 44.0 Å². The van der Waals surface area contributed by atoms with E-state index in [9.17, 15) is 18.0 Å². The van der Waals surface area contributed by atoms with E-state index >= 15 is 0 Å². The lowest BCUT2D eigenvalue weighted by atomic mass is 10.0. The minimum absolute atomic E-state index is 0.00130. The third-order valence-corrected chi connectivity index (χ3v) is 5.82. The van der Waals surface area contributed by atoms with Crippen molar-refractivity contribution in [2.24, 2.45) is 0 Å². The lowest BCUT2D eigenvalue weighted by Gasteiger charge is -2.39. The van der Waals surface area contributed by atoms with Crippen LogP contribution >= 0.6 is 23.2 Å². The van der Waals surface area contributed by atoms with Crippen LogP contribution in [-0.4, -0.2) is 60.1 Å². The summed E-state index contributed by atoms with van der Waals surface area (Å²) >= 11 is 12.0. The third kappa shape index (κ3) is 8.96. The van der Waals surface area contributed by atoms with Gasteiger partial charge in [-0.3, -0.25) is 9.64 Å². The Balaban J connectivity index is 2.08. The van der Waals surface area contributed by atoms with Crippen molar-refractivity contribution in [2.45, 2.75) is 69.9 Å². The van der Waals surface area contributed by atoms with Gasteiger partial charge in [0.05, 0.1) is 6.61 Å². The van der Waals surface area contributed by atoms with Gasteiger partial charge in [0.1, 0.15) is 5.60 Å². The van der Waals surface area contributed by atoms with Gasteiger partial charge in [-0.05, 0) is 50.3 Å². The SMILES string of the molecule is CC(C)(C)OC(=O)N1CCC(N(CCOC(F)(F)F)Cc2ccc(CCl)cc2CCl)CC1. The first-order valence-electron chi connectivity index (χ1n) is 10.6. The van der Waals surface area contributed by atoms with E-state index in [1.165, 1.54) is 0 Å². The minimum atomic E-state index is -4.67. The summed E-state index contributed by atoms with van der Waals surface area (Å²) in [6.07, 6.45) is -3.79. The largest absolute Gasteiger partial charge is 0.522 e. The van der Waals surface area contributed by atoms with E-state index in [0.29, 0.717) is 38.4 Å². The molecule has 32 heavy (non-hydrogen) atoms. The van der Waals surface area contributed by atoms with Gasteiger partial charge in [0.15, 0.2) is 0 Å². The number of hydrogen-bond donors (Lipinski definition) is 0. The Morgan fingerprint density at radius 2 is 1.78 bits per heavy atom. The molecular weight excluding hydrogens is 468 g/mol. The Morgan fingerprint density at radius 1 is 1.12 bits per heavy atom. The van der Waals surface area contributed by atoms with E-state index in [1.807, 2.05) is 43.9 Å². The lowest BCUT2D eigenvalue weighted by molar-refractivity contribution is -0.325. The number of alkyl halides is 5. The monoisotopic (exact) mass is 498 g/mol. The Labute approximate surface area is 197 Å². The van der Waals surface area contributed by atoms with Gasteiger partial charge in [-0.2, -0.15) is 0 Å². The number of carbonyl (C=O) groups is 1. The molecular formula is C22H31Cl2F3N2O3. The molecule has 2 rings (SSSR count). The summed E-state index contributed by atoms with van der Waals surface area (Å²) < 4.78 is 47.0. The van der Waals surface area contributed by atoms with Gasteiger partial charge in [-0.1, -0.05) is 18.2 Å². The molecule has 0 spiro atoms. The minimum Gasteiger partial charge on any atom is -0.444 e. The Kier molecular flexibility index (Phi) is 9.94. The second kappa shape index (κ2) is 11.8. The van der Waals surface area contributed by atoms with Crippen LogP contribution in [-0.2, 0) is 27.8 Å². The number of amides is 1. The Bertz CT molecular complexity index is 749. The number of carbonyl (C=O) groups excluding carboxylic acids is 1. The fraction of sp³-hybridized carbons (Fsp3) is 0.682. The second-order valence-electron chi connectivity index (χ2n) is 8.83. The summed E-state index contributed by atoms with van der Waals surface area (Å²) in [6, 6.07) is 5.74. The molecule has 1 aliphatic heterocycles. The fourth-order valence-corrected chi connectivity index (χ4v) is 4.08. The predicted molar refractivity (Wildman–Crippen MR) is 119 cm³/mol. The normalized spacial score (nSPS) is 16.0. The molecule has 10 heteroatoms. The average molecular weight is 499 g/mol. The van der Waals surface area contributed by atoms with E-state index < -0.39 is 18.6 Å². The average Bonchev–Trinajstić information content (AvgIpc) is 2.71. The summed E-state index contributed by atoms with van der Waals surface area (Å²) in [4.78, 5) is 15.9. The molecule has 1 heterocycles. The van der Waals surface area contributed by atoms with E-state index in [0.717, 1.165) is 16.7 Å². The molecule has 0 unspecified atom stereocenters. The maximum Gasteiger partial charge on any atom is 0.522 e. The zero-order valence-corrected chi connectivity index (χ0v) is 20.2. The molecule has 0 saturated carbocycles. The fourth-order valence-electron chi connectivity index (χ4n) is 3.67. The van der Waals surface area contributed by atoms with Gasteiger partial charge in [-0.25, -0.2) is 4.79 Å². The summed E-state index contributed by atoms with van der Waals surface area (Å²) in [6.45, 7) is 6.45. The first-order valence-corrected chi connectivity index (χ1v) is 11.6. The van der Waals surface area contributed by atoms with Crippen LogP contribution in [0.25, 0.3) is 0 Å². The molecule has 1 fully saturated rings. The molecule has 1 aromatic carbocycles. The molecule has 0 aromatic heterocycles. The van der Waals surface area contributed by atoms with E-state index in [-0.39, 0.29) is 24.6 Å². The lowest BCUT2D eigenvalue weighted by Crippen LogP contribution is -2.48. The van der Waals surface area contributed by atoms with Crippen molar-refractivity contribution in [3.8, 4) is 0 Å². The highest BCUT2D eigenvalue weighted by molar-refractivity contribution is 6.17. The summed E-state index contributed by atoms with van der Waals surface area (Å²) in [7, 11) is 0. The van der Waals surface area contributed by atoms with Gasteiger partial charge in [-0.15, -0.1) is 36.4 Å². The van der Waals surface area contributed by atoms with Crippen molar-refractivity contribution < 1.29 is 27.4 Å². The number of nitrogens with zero attached hydrogens (tertiary/aromatic N) is 2. The number of rotatable bonds is 8. The smallest absolute Gasteiger partial charge is 0.444 e. The molecule has 0 bridgehead atoms. The highest BCUT2D eigenvalue weighted by Crippen LogP contribution is 2.24. The highest BCUT2D eigenvalue weighted by atomic mass is 35.5. The first kappa shape index (κ1) is 27.0. The standard InChI is InChI=1S/C22H31Cl2F3N2O3/c1-21(2,3)32-20(30)28-8-6-19(7-9-28)29(10-11-31-22(25,26)27)15-17-5-4-16(13-23)12-18(17)14-24/h4-5,12,19H,6-11,13-15H2,1-3H3. The number of ether oxygens (including phenoxy) is 2. The first-order chi connectivity index (χ1) is 14.9. The molecule has 1 aromatic rings. The maximum absolute atomic E-state index is 12.5. The molecule has 0 atom stereocenters. The van der Waals surface area contributed by atoms with Crippen molar-refractivity contribution in [1.82, 2.24) is 9.80 Å². The van der Waals surface area contributed by atoms with Crippen molar-refractivity contribution in [3.63, 3.8) is 0 Å². The molecule has 1 amide bonds. The van der Waals surface area contributed by atoms with Gasteiger partial charge in [0.2, 0.25) is 0 Å². The van der Waals surface area contributed by atoms with E-state index in [2.05, 4.69) is 4.74 Å². The van der Waals surface area contributed by atoms with Crippen molar-refractivity contribution >= 4 is 29.3 Å². The van der Waals surface area contributed by atoms with Crippen LogP contribution in [0.5, 0.6) is 0 Å². The van der Waals surface area contributed by atoms with E-state index in [1.54, 1.807) is 4.90 Å². The quantitative estimate of drug-likeness (QED) is 0.418. The second-order valence-corrected chi connectivity index (χ2v) is 9.37. The van der Waals surface area contributed by atoms with Gasteiger partial charge in [0.25, 0.3) is 0 Å². The molecule has 5 nitrogen and oxygen atoms in total. The highest BCUT2D eigenvalue weighted by Gasteiger charge is 2.32. The molecule has 0 radical (unpaired) electrons. The van der Waals surface area contributed by atoms with E-state index in [4.69, 9.17) is 27.9 Å². The van der Waals surface area contributed by atoms with Crippen LogP contribution in [0.3, 0.4) is 0 Å². The maximum atomic E-state index is 12.5. The molecule has 1 aliphatic rings. The summed E-state index contributed by atoms with van der Waals surface area (Å²) in [5, 5.41) is 0. The molecule has 0 N–H and O–H groups in total. The van der Waals surface area contributed by atoms with Gasteiger partial charge < -0.3 is 9.64 Å². The number of likely N-dealkylation sites (tertiary alicyclic amines) is 1. The number of halogens is 5. The van der Waals surface area contributed by atoms with Gasteiger partial charge >= 0.3 is 12.5 Å². The third-order valence-electron chi connectivity index (χ3n) is 5.22. The van der Waals surface area contributed by atoms with Crippen molar-refractivity contribution in [3.05, 3.63) is 34.9 Å². The van der Waals surface area contributed by atoms with Crippen LogP contribution in [0.1, 0.15) is 50.3 Å². The van der Waals surface area contributed by atoms with Crippen LogP contribution in [0.15, 0.2) is 18.2 Å². The van der Waals surface area contributed by atoms with Crippen LogP contribution in [0.2, 0.25) is 0 Å². The van der Waals surface area contributed by atoms with Crippen molar-refractivity contribution in [2.75, 3.05) is 26.2 Å². The number of hydrogen-bond acceptors (Lipinski definition) is 4. The predicted octanol–water partition coefficient (Wildman–Crippen LogP) is 5.90. The molecule has 182 valence electrons. The summed E-state index contributed by atoms with van der Waals surface area (Å²) in [5.74, 6) is 0.639. The number of piperidine rings is 1. The molecule has 1 saturated heterocycles. The number of benzene rings is 1. The van der Waals surface area contributed by atoms with Crippen LogP contribution in [0, 0.1) is 0 Å². The topological polar surface area (TPSA) is 42.0 Å². The van der Waals surface area contributed by atoms with Crippen molar-refractivity contribution in [1.29, 1.82) is 0 Å². The van der Waals surface area contributed by atoms with Crippen LogP contribution < -0.4 is 0 Å². The zero-order valence-electron chi connectivity index (χ0n) is 18.7. The summed E-state index contributed by atoms with van der Waals surface area (Å²) in [5.41, 5.74) is 2.19. The molecule has 0 aliphatic carbocycles. The Morgan fingerprint density at radius 3 is 2.31 bits per heavy atom.